The predicted octanol–water partition coefficient (Wildman–Crippen LogP) is 4.04. The number of amides is 1. The van der Waals surface area contributed by atoms with Gasteiger partial charge in [-0.2, -0.15) is 11.3 Å². The lowest BCUT2D eigenvalue weighted by Crippen LogP contribution is -2.12. The van der Waals surface area contributed by atoms with E-state index in [4.69, 9.17) is 0 Å². The van der Waals surface area contributed by atoms with Crippen molar-refractivity contribution in [3.8, 4) is 0 Å². The van der Waals surface area contributed by atoms with E-state index in [0.717, 1.165) is 12.1 Å². The molecule has 6 heteroatoms. The monoisotopic (exact) mass is 317 g/mol. The second kappa shape index (κ2) is 4.93. The number of thiophene rings is 1. The molecule has 0 bridgehead atoms. The summed E-state index contributed by atoms with van der Waals surface area (Å²) in [5, 5.41) is 5.67. The minimum atomic E-state index is -0.693. The highest BCUT2D eigenvalue weighted by atomic mass is 79.9. The molecule has 2 rings (SSSR count). The largest absolute Gasteiger partial charge is 0.319 e. The predicted molar refractivity (Wildman–Crippen MR) is 66.3 cm³/mol. The first kappa shape index (κ1) is 12.2. The maximum Gasteiger partial charge on any atom is 0.256 e. The number of carbonyl (C=O) groups excluding carboxylic acids is 1. The lowest BCUT2D eigenvalue weighted by Gasteiger charge is -2.06. The van der Waals surface area contributed by atoms with Crippen LogP contribution in [-0.2, 0) is 0 Å². The lowest BCUT2D eigenvalue weighted by atomic mass is 10.2. The average Bonchev–Trinajstić information content (AvgIpc) is 2.79. The van der Waals surface area contributed by atoms with E-state index in [2.05, 4.69) is 21.2 Å². The van der Waals surface area contributed by atoms with Crippen LogP contribution in [0.1, 0.15) is 10.4 Å². The molecule has 0 aliphatic rings. The van der Waals surface area contributed by atoms with Crippen molar-refractivity contribution < 1.29 is 13.6 Å². The number of rotatable bonds is 2. The number of halogens is 3. The molecule has 2 nitrogen and oxygen atoms in total. The summed E-state index contributed by atoms with van der Waals surface area (Å²) >= 11 is 4.21. The van der Waals surface area contributed by atoms with Gasteiger partial charge in [0.25, 0.3) is 5.91 Å². The SMILES string of the molecule is O=C(Nc1cc(F)c(Br)cc1F)c1ccsc1. The molecule has 1 aromatic heterocycles. The normalized spacial score (nSPS) is 10.3. The van der Waals surface area contributed by atoms with Crippen molar-refractivity contribution in [1.29, 1.82) is 0 Å². The van der Waals surface area contributed by atoms with Gasteiger partial charge in [-0.05, 0) is 33.4 Å². The van der Waals surface area contributed by atoms with Crippen LogP contribution >= 0.6 is 27.3 Å². The highest BCUT2D eigenvalue weighted by molar-refractivity contribution is 9.10. The molecule has 0 aliphatic carbocycles. The van der Waals surface area contributed by atoms with E-state index in [1.165, 1.54) is 11.3 Å². The highest BCUT2D eigenvalue weighted by Gasteiger charge is 2.12. The van der Waals surface area contributed by atoms with E-state index in [1.807, 2.05) is 0 Å². The third kappa shape index (κ3) is 2.70. The van der Waals surface area contributed by atoms with Crippen LogP contribution in [0.25, 0.3) is 0 Å². The van der Waals surface area contributed by atoms with Crippen molar-refractivity contribution in [2.45, 2.75) is 0 Å². The second-order valence-corrected chi connectivity index (χ2v) is 4.85. The van der Waals surface area contributed by atoms with Gasteiger partial charge >= 0.3 is 0 Å². The zero-order valence-corrected chi connectivity index (χ0v) is 10.7. The molecule has 0 unspecified atom stereocenters. The molecule has 2 aromatic rings. The Hall–Kier alpha value is -1.27. The molecule has 17 heavy (non-hydrogen) atoms. The second-order valence-electron chi connectivity index (χ2n) is 3.21. The number of carbonyl (C=O) groups is 1. The van der Waals surface area contributed by atoms with Gasteiger partial charge in [0.05, 0.1) is 15.7 Å². The van der Waals surface area contributed by atoms with Crippen molar-refractivity contribution in [2.24, 2.45) is 0 Å². The van der Waals surface area contributed by atoms with Gasteiger partial charge < -0.3 is 5.32 Å². The van der Waals surface area contributed by atoms with Gasteiger partial charge in [0.1, 0.15) is 11.6 Å². The zero-order valence-electron chi connectivity index (χ0n) is 8.34. The Kier molecular flexibility index (Phi) is 3.54. The minimum absolute atomic E-state index is 0.0172. The summed E-state index contributed by atoms with van der Waals surface area (Å²) in [6, 6.07) is 3.51. The standard InChI is InChI=1S/C11H6BrF2NOS/c12-7-3-9(14)10(4-8(7)13)15-11(16)6-1-2-17-5-6/h1-5H,(H,15,16). The van der Waals surface area contributed by atoms with E-state index in [0.29, 0.717) is 5.56 Å². The first-order valence-electron chi connectivity index (χ1n) is 4.56. The molecule has 88 valence electrons. The van der Waals surface area contributed by atoms with Crippen molar-refractivity contribution in [3.05, 3.63) is 50.6 Å². The molecular weight excluding hydrogens is 312 g/mol. The Morgan fingerprint density at radius 1 is 1.29 bits per heavy atom. The quantitative estimate of drug-likeness (QED) is 0.832. The summed E-state index contributed by atoms with van der Waals surface area (Å²) in [5.74, 6) is -1.79. The number of nitrogens with one attached hydrogen (secondary N) is 1. The van der Waals surface area contributed by atoms with E-state index in [9.17, 15) is 13.6 Å². The van der Waals surface area contributed by atoms with E-state index < -0.39 is 17.5 Å². The van der Waals surface area contributed by atoms with Gasteiger partial charge in [0.15, 0.2) is 0 Å². The Balaban J connectivity index is 2.25. The first-order chi connectivity index (χ1) is 8.08. The van der Waals surface area contributed by atoms with Gasteiger partial charge in [0.2, 0.25) is 0 Å². The molecule has 0 saturated heterocycles. The Morgan fingerprint density at radius 2 is 2.06 bits per heavy atom. The van der Waals surface area contributed by atoms with Crippen LogP contribution in [0, 0.1) is 11.6 Å². The van der Waals surface area contributed by atoms with Crippen molar-refractivity contribution in [2.75, 3.05) is 5.32 Å². The van der Waals surface area contributed by atoms with Crippen LogP contribution in [0.15, 0.2) is 33.4 Å². The smallest absolute Gasteiger partial charge is 0.256 e. The molecule has 0 radical (unpaired) electrons. The maximum absolute atomic E-state index is 13.4. The van der Waals surface area contributed by atoms with Gasteiger partial charge in [-0.3, -0.25) is 4.79 Å². The summed E-state index contributed by atoms with van der Waals surface area (Å²) in [6.07, 6.45) is 0. The maximum atomic E-state index is 13.4. The van der Waals surface area contributed by atoms with Crippen LogP contribution in [-0.4, -0.2) is 5.91 Å². The molecule has 1 heterocycles. The van der Waals surface area contributed by atoms with Crippen molar-refractivity contribution in [3.63, 3.8) is 0 Å². The molecular formula is C11H6BrF2NOS. The Bertz CT molecular complexity index is 557. The van der Waals surface area contributed by atoms with E-state index in [1.54, 1.807) is 16.8 Å². The van der Waals surface area contributed by atoms with Gasteiger partial charge in [-0.25, -0.2) is 8.78 Å². The van der Waals surface area contributed by atoms with Crippen molar-refractivity contribution >= 4 is 38.9 Å². The summed E-state index contributed by atoms with van der Waals surface area (Å²) in [7, 11) is 0. The third-order valence-corrected chi connectivity index (χ3v) is 3.33. The Morgan fingerprint density at radius 3 is 2.71 bits per heavy atom. The molecule has 0 spiro atoms. The molecule has 0 aliphatic heterocycles. The third-order valence-electron chi connectivity index (χ3n) is 2.04. The lowest BCUT2D eigenvalue weighted by molar-refractivity contribution is 0.102. The molecule has 0 fully saturated rings. The van der Waals surface area contributed by atoms with Crippen LogP contribution < -0.4 is 5.32 Å². The van der Waals surface area contributed by atoms with Gasteiger partial charge in [-0.1, -0.05) is 0 Å². The highest BCUT2D eigenvalue weighted by Crippen LogP contribution is 2.23. The number of hydrogen-bond acceptors (Lipinski definition) is 2. The molecule has 0 saturated carbocycles. The topological polar surface area (TPSA) is 29.1 Å². The molecule has 0 atom stereocenters. The molecule has 1 aromatic carbocycles. The number of anilines is 1. The van der Waals surface area contributed by atoms with E-state index in [-0.39, 0.29) is 10.2 Å². The van der Waals surface area contributed by atoms with Gasteiger partial charge in [-0.15, -0.1) is 0 Å². The first-order valence-corrected chi connectivity index (χ1v) is 6.29. The summed E-state index contributed by atoms with van der Waals surface area (Å²) in [4.78, 5) is 11.6. The average molecular weight is 318 g/mol. The van der Waals surface area contributed by atoms with Crippen molar-refractivity contribution in [1.82, 2.24) is 0 Å². The molecule has 1 N–H and O–H groups in total. The fourth-order valence-electron chi connectivity index (χ4n) is 1.21. The fraction of sp³-hybridized carbons (Fsp3) is 0. The van der Waals surface area contributed by atoms with Crippen LogP contribution in [0.5, 0.6) is 0 Å². The summed E-state index contributed by atoms with van der Waals surface area (Å²) in [5.41, 5.74) is 0.236. The number of benzene rings is 1. The van der Waals surface area contributed by atoms with E-state index >= 15 is 0 Å². The molecule has 1 amide bonds. The zero-order chi connectivity index (χ0) is 12.4. The minimum Gasteiger partial charge on any atom is -0.319 e. The number of hydrogen-bond donors (Lipinski definition) is 1. The summed E-state index contributed by atoms with van der Waals surface area (Å²) in [6.45, 7) is 0. The van der Waals surface area contributed by atoms with Crippen LogP contribution in [0.3, 0.4) is 0 Å². The van der Waals surface area contributed by atoms with Crippen LogP contribution in [0.2, 0.25) is 0 Å². The summed E-state index contributed by atoms with van der Waals surface area (Å²) < 4.78 is 26.6. The fourth-order valence-corrected chi connectivity index (χ4v) is 2.16. The van der Waals surface area contributed by atoms with Gasteiger partial charge in [0, 0.05) is 11.4 Å². The Labute approximate surface area is 108 Å². The van der Waals surface area contributed by atoms with Crippen LogP contribution in [0.4, 0.5) is 14.5 Å².